The average molecular weight is 293 g/mol. The maximum absolute atomic E-state index is 8.86. The van der Waals surface area contributed by atoms with Gasteiger partial charge in [0.2, 0.25) is 0 Å². The number of rotatable bonds is 5. The predicted molar refractivity (Wildman–Crippen MR) is 67.1 cm³/mol. The van der Waals surface area contributed by atoms with Crippen LogP contribution < -0.4 is 5.32 Å². The molecular formula is C11H15BrClNO. The van der Waals surface area contributed by atoms with E-state index in [1.807, 2.05) is 25.1 Å². The first-order valence-corrected chi connectivity index (χ1v) is 6.06. The van der Waals surface area contributed by atoms with Crippen molar-refractivity contribution in [3.05, 3.63) is 33.3 Å². The van der Waals surface area contributed by atoms with Crippen LogP contribution in [-0.2, 0) is 6.54 Å². The summed E-state index contributed by atoms with van der Waals surface area (Å²) in [7, 11) is 0. The summed E-state index contributed by atoms with van der Waals surface area (Å²) in [4.78, 5) is 0. The van der Waals surface area contributed by atoms with Gasteiger partial charge in [-0.2, -0.15) is 0 Å². The molecule has 1 atom stereocenters. The van der Waals surface area contributed by atoms with Crippen LogP contribution in [0.4, 0.5) is 0 Å². The van der Waals surface area contributed by atoms with Crippen molar-refractivity contribution in [3.8, 4) is 0 Å². The number of aliphatic hydroxyl groups excluding tert-OH is 1. The van der Waals surface area contributed by atoms with E-state index in [0.29, 0.717) is 0 Å². The Kier molecular flexibility index (Phi) is 5.61. The zero-order valence-corrected chi connectivity index (χ0v) is 11.0. The third-order valence-corrected chi connectivity index (χ3v) is 3.14. The summed E-state index contributed by atoms with van der Waals surface area (Å²) < 4.78 is 1.05. The lowest BCUT2D eigenvalue weighted by Crippen LogP contribution is -2.22. The van der Waals surface area contributed by atoms with Gasteiger partial charge in [0, 0.05) is 29.2 Å². The summed E-state index contributed by atoms with van der Waals surface area (Å²) in [6, 6.07) is 5.72. The molecule has 1 rings (SSSR count). The Morgan fingerprint density at radius 2 is 2.27 bits per heavy atom. The van der Waals surface area contributed by atoms with Gasteiger partial charge in [0.25, 0.3) is 0 Å². The van der Waals surface area contributed by atoms with E-state index in [1.165, 1.54) is 0 Å². The standard InChI is InChI=1S/C11H15BrClNO/c1-8(7-15)5-14-6-9-4-10(13)2-3-11(9)12/h2-4,8,14-15H,5-7H2,1H3. The molecule has 84 valence electrons. The Balaban J connectivity index is 2.46. The minimum absolute atomic E-state index is 0.212. The smallest absolute Gasteiger partial charge is 0.0468 e. The van der Waals surface area contributed by atoms with E-state index < -0.39 is 0 Å². The van der Waals surface area contributed by atoms with Crippen LogP contribution in [0, 0.1) is 5.92 Å². The van der Waals surface area contributed by atoms with E-state index in [9.17, 15) is 0 Å². The third kappa shape index (κ3) is 4.51. The van der Waals surface area contributed by atoms with Crippen molar-refractivity contribution in [2.45, 2.75) is 13.5 Å². The molecule has 1 aromatic carbocycles. The van der Waals surface area contributed by atoms with Crippen LogP contribution in [0.3, 0.4) is 0 Å². The molecule has 0 radical (unpaired) electrons. The summed E-state index contributed by atoms with van der Waals surface area (Å²) >= 11 is 9.36. The average Bonchev–Trinajstić information content (AvgIpc) is 2.23. The minimum atomic E-state index is 0.212. The second-order valence-electron chi connectivity index (χ2n) is 3.65. The summed E-state index contributed by atoms with van der Waals surface area (Å²) in [5, 5.41) is 12.9. The Labute approximate surface area is 104 Å². The quantitative estimate of drug-likeness (QED) is 0.875. The van der Waals surface area contributed by atoms with Gasteiger partial charge in [0.1, 0.15) is 0 Å². The molecule has 0 bridgehead atoms. The second kappa shape index (κ2) is 6.48. The molecule has 4 heteroatoms. The largest absolute Gasteiger partial charge is 0.396 e. The fraction of sp³-hybridized carbons (Fsp3) is 0.455. The Bertz CT molecular complexity index is 319. The molecule has 0 saturated heterocycles. The first-order valence-electron chi connectivity index (χ1n) is 4.89. The molecule has 0 aliphatic heterocycles. The molecule has 15 heavy (non-hydrogen) atoms. The monoisotopic (exact) mass is 291 g/mol. The first-order chi connectivity index (χ1) is 7.13. The van der Waals surface area contributed by atoms with Crippen molar-refractivity contribution < 1.29 is 5.11 Å². The Morgan fingerprint density at radius 1 is 1.53 bits per heavy atom. The number of aliphatic hydroxyl groups is 1. The van der Waals surface area contributed by atoms with Crippen LogP contribution in [0.2, 0.25) is 5.02 Å². The zero-order chi connectivity index (χ0) is 11.3. The van der Waals surface area contributed by atoms with E-state index in [4.69, 9.17) is 16.7 Å². The third-order valence-electron chi connectivity index (χ3n) is 2.13. The maximum atomic E-state index is 8.86. The number of hydrogen-bond donors (Lipinski definition) is 2. The highest BCUT2D eigenvalue weighted by molar-refractivity contribution is 9.10. The van der Waals surface area contributed by atoms with Crippen molar-refractivity contribution in [2.24, 2.45) is 5.92 Å². The fourth-order valence-electron chi connectivity index (χ4n) is 1.20. The lowest BCUT2D eigenvalue weighted by atomic mass is 10.2. The first kappa shape index (κ1) is 13.0. The van der Waals surface area contributed by atoms with E-state index >= 15 is 0 Å². The molecule has 0 aliphatic rings. The molecule has 0 aromatic heterocycles. The topological polar surface area (TPSA) is 32.3 Å². The van der Waals surface area contributed by atoms with E-state index in [1.54, 1.807) is 0 Å². The molecule has 0 heterocycles. The van der Waals surface area contributed by atoms with Gasteiger partial charge in [-0.3, -0.25) is 0 Å². The van der Waals surface area contributed by atoms with Gasteiger partial charge in [-0.15, -0.1) is 0 Å². The molecule has 2 N–H and O–H groups in total. The molecule has 0 fully saturated rings. The predicted octanol–water partition coefficient (Wildman–Crippen LogP) is 2.82. The number of benzene rings is 1. The normalized spacial score (nSPS) is 12.8. The van der Waals surface area contributed by atoms with Gasteiger partial charge >= 0.3 is 0 Å². The van der Waals surface area contributed by atoms with Crippen molar-refractivity contribution in [1.82, 2.24) is 5.32 Å². The SMILES string of the molecule is CC(CO)CNCc1cc(Cl)ccc1Br. The molecule has 0 spiro atoms. The van der Waals surface area contributed by atoms with Crippen LogP contribution in [0.1, 0.15) is 12.5 Å². The molecule has 1 aromatic rings. The van der Waals surface area contributed by atoms with Crippen molar-refractivity contribution >= 4 is 27.5 Å². The molecule has 0 saturated carbocycles. The lowest BCUT2D eigenvalue weighted by Gasteiger charge is -2.10. The fourth-order valence-corrected chi connectivity index (χ4v) is 1.78. The molecule has 2 nitrogen and oxygen atoms in total. The van der Waals surface area contributed by atoms with Crippen molar-refractivity contribution in [3.63, 3.8) is 0 Å². The lowest BCUT2D eigenvalue weighted by molar-refractivity contribution is 0.233. The molecule has 1 unspecified atom stereocenters. The van der Waals surface area contributed by atoms with Gasteiger partial charge in [-0.1, -0.05) is 34.5 Å². The van der Waals surface area contributed by atoms with Crippen molar-refractivity contribution in [2.75, 3.05) is 13.2 Å². The number of nitrogens with one attached hydrogen (secondary N) is 1. The Morgan fingerprint density at radius 3 is 2.93 bits per heavy atom. The Hall–Kier alpha value is -0.0900. The van der Waals surface area contributed by atoms with Crippen LogP contribution >= 0.6 is 27.5 Å². The molecule has 0 amide bonds. The van der Waals surface area contributed by atoms with Crippen LogP contribution in [0.5, 0.6) is 0 Å². The van der Waals surface area contributed by atoms with E-state index in [0.717, 1.165) is 28.1 Å². The highest BCUT2D eigenvalue weighted by Crippen LogP contribution is 2.20. The van der Waals surface area contributed by atoms with Crippen LogP contribution in [0.25, 0.3) is 0 Å². The van der Waals surface area contributed by atoms with E-state index in [2.05, 4.69) is 21.2 Å². The summed E-state index contributed by atoms with van der Waals surface area (Å²) in [5.74, 6) is 0.281. The van der Waals surface area contributed by atoms with Crippen molar-refractivity contribution in [1.29, 1.82) is 0 Å². The van der Waals surface area contributed by atoms with Gasteiger partial charge in [-0.05, 0) is 29.7 Å². The minimum Gasteiger partial charge on any atom is -0.396 e. The van der Waals surface area contributed by atoms with Crippen LogP contribution in [-0.4, -0.2) is 18.3 Å². The van der Waals surface area contributed by atoms with Crippen LogP contribution in [0.15, 0.2) is 22.7 Å². The summed E-state index contributed by atoms with van der Waals surface area (Å²) in [6.07, 6.45) is 0. The van der Waals surface area contributed by atoms with Gasteiger partial charge < -0.3 is 10.4 Å². The van der Waals surface area contributed by atoms with Gasteiger partial charge in [-0.25, -0.2) is 0 Å². The molecular weight excluding hydrogens is 277 g/mol. The maximum Gasteiger partial charge on any atom is 0.0468 e. The number of halogens is 2. The highest BCUT2D eigenvalue weighted by atomic mass is 79.9. The van der Waals surface area contributed by atoms with Gasteiger partial charge in [0.15, 0.2) is 0 Å². The summed E-state index contributed by atoms with van der Waals surface area (Å²) in [6.45, 7) is 3.77. The number of hydrogen-bond acceptors (Lipinski definition) is 2. The second-order valence-corrected chi connectivity index (χ2v) is 4.95. The highest BCUT2D eigenvalue weighted by Gasteiger charge is 2.02. The zero-order valence-electron chi connectivity index (χ0n) is 8.63. The summed E-state index contributed by atoms with van der Waals surface area (Å²) in [5.41, 5.74) is 1.13. The molecule has 0 aliphatic carbocycles. The van der Waals surface area contributed by atoms with E-state index in [-0.39, 0.29) is 12.5 Å². The van der Waals surface area contributed by atoms with Gasteiger partial charge in [0.05, 0.1) is 0 Å².